The van der Waals surface area contributed by atoms with Crippen LogP contribution in [0.2, 0.25) is 0 Å². The number of ether oxygens (including phenoxy) is 1. The minimum atomic E-state index is -2.85. The Morgan fingerprint density at radius 1 is 1.26 bits per heavy atom. The van der Waals surface area contributed by atoms with Crippen molar-refractivity contribution >= 4 is 18.8 Å². The Kier molecular flexibility index (Phi) is 6.06. The minimum absolute atomic E-state index is 0.264. The molecule has 1 rings (SSSR count). The van der Waals surface area contributed by atoms with Crippen LogP contribution in [0.3, 0.4) is 0 Å². The van der Waals surface area contributed by atoms with Gasteiger partial charge in [0.2, 0.25) is 7.37 Å². The molecule has 0 radical (unpaired) electrons. The van der Waals surface area contributed by atoms with E-state index in [1.165, 1.54) is 0 Å². The van der Waals surface area contributed by atoms with Crippen LogP contribution in [0.25, 0.3) is 0 Å². The molecule has 0 fully saturated rings. The van der Waals surface area contributed by atoms with Gasteiger partial charge >= 0.3 is 6.09 Å². The minimum Gasteiger partial charge on any atom is -0.450 e. The molecule has 0 aliphatic carbocycles. The van der Waals surface area contributed by atoms with Crippen LogP contribution < -0.4 is 10.6 Å². The lowest BCUT2D eigenvalue weighted by Gasteiger charge is -2.17. The molecule has 1 atom stereocenters. The van der Waals surface area contributed by atoms with Crippen molar-refractivity contribution in [1.82, 2.24) is 5.32 Å². The molecule has 0 saturated heterocycles. The highest BCUT2D eigenvalue weighted by molar-refractivity contribution is 7.66. The molecule has 0 heterocycles. The van der Waals surface area contributed by atoms with Crippen LogP contribution in [0.4, 0.5) is 4.79 Å². The number of benzene rings is 1. The molecule has 0 aliphatic rings. The average molecular weight is 285 g/mol. The highest BCUT2D eigenvalue weighted by Gasteiger charge is 2.21. The van der Waals surface area contributed by atoms with Crippen molar-refractivity contribution in [2.24, 2.45) is 0 Å². The van der Waals surface area contributed by atoms with E-state index in [1.807, 2.05) is 12.1 Å². The lowest BCUT2D eigenvalue weighted by Crippen LogP contribution is -2.26. The third-order valence-corrected chi connectivity index (χ3v) is 4.57. The molecular weight excluding hydrogens is 265 g/mol. The predicted molar refractivity (Wildman–Crippen MR) is 75.1 cm³/mol. The van der Waals surface area contributed by atoms with Gasteiger partial charge in [-0.15, -0.1) is 0 Å². The molecule has 1 N–H and O–H groups in total. The molecule has 0 spiro atoms. The quantitative estimate of drug-likeness (QED) is 0.816. The van der Waals surface area contributed by atoms with E-state index in [0.717, 1.165) is 5.56 Å². The first-order valence-electron chi connectivity index (χ1n) is 6.22. The van der Waals surface area contributed by atoms with Gasteiger partial charge in [0.25, 0.3) is 0 Å². The second-order valence-corrected chi connectivity index (χ2v) is 6.40. The van der Waals surface area contributed by atoms with E-state index in [0.29, 0.717) is 18.5 Å². The standard InChI is InChI=1S/C13H20NO4P/c1-4-17-13(15)14-10-11-8-6-7-9-12(11)19(3,16)18-5-2/h6-9H,4-5,10H2,1-3H3,(H,14,15). The summed E-state index contributed by atoms with van der Waals surface area (Å²) in [6, 6.07) is 7.21. The molecule has 106 valence electrons. The Labute approximate surface area is 113 Å². The molecule has 0 saturated carbocycles. The van der Waals surface area contributed by atoms with Crippen LogP contribution in [0.1, 0.15) is 19.4 Å². The van der Waals surface area contributed by atoms with E-state index in [2.05, 4.69) is 5.32 Å². The van der Waals surface area contributed by atoms with Crippen LogP contribution in [-0.4, -0.2) is 26.0 Å². The molecule has 1 unspecified atom stereocenters. The van der Waals surface area contributed by atoms with Crippen molar-refractivity contribution in [2.75, 3.05) is 19.9 Å². The van der Waals surface area contributed by atoms with E-state index in [9.17, 15) is 9.36 Å². The summed E-state index contributed by atoms with van der Waals surface area (Å²) in [4.78, 5) is 11.3. The summed E-state index contributed by atoms with van der Waals surface area (Å²) in [5, 5.41) is 3.25. The van der Waals surface area contributed by atoms with Gasteiger partial charge in [0.1, 0.15) is 0 Å². The average Bonchev–Trinajstić information content (AvgIpc) is 2.37. The van der Waals surface area contributed by atoms with Crippen LogP contribution in [0, 0.1) is 0 Å². The molecule has 1 aromatic carbocycles. The van der Waals surface area contributed by atoms with Gasteiger partial charge in [0, 0.05) is 18.5 Å². The molecule has 6 heteroatoms. The molecule has 1 amide bonds. The van der Waals surface area contributed by atoms with Crippen LogP contribution in [-0.2, 0) is 20.4 Å². The summed E-state index contributed by atoms with van der Waals surface area (Å²) < 4.78 is 22.5. The summed E-state index contributed by atoms with van der Waals surface area (Å²) in [7, 11) is -2.85. The van der Waals surface area contributed by atoms with Gasteiger partial charge in [0.05, 0.1) is 13.2 Å². The highest BCUT2D eigenvalue weighted by atomic mass is 31.2. The van der Waals surface area contributed by atoms with Crippen molar-refractivity contribution < 1.29 is 18.6 Å². The van der Waals surface area contributed by atoms with Crippen LogP contribution in [0.15, 0.2) is 24.3 Å². The van der Waals surface area contributed by atoms with Crippen LogP contribution in [0.5, 0.6) is 0 Å². The molecule has 5 nitrogen and oxygen atoms in total. The van der Waals surface area contributed by atoms with Gasteiger partial charge in [-0.3, -0.25) is 4.57 Å². The van der Waals surface area contributed by atoms with E-state index in [4.69, 9.17) is 9.26 Å². The molecular formula is C13H20NO4P. The van der Waals surface area contributed by atoms with Crippen molar-refractivity contribution in [1.29, 1.82) is 0 Å². The SMILES string of the molecule is CCOC(=O)NCc1ccccc1P(C)(=O)OCC. The monoisotopic (exact) mass is 285 g/mol. The van der Waals surface area contributed by atoms with Gasteiger partial charge in [0.15, 0.2) is 0 Å². The first-order valence-corrected chi connectivity index (χ1v) is 8.29. The van der Waals surface area contributed by atoms with Gasteiger partial charge in [-0.2, -0.15) is 0 Å². The summed E-state index contributed by atoms with van der Waals surface area (Å²) >= 11 is 0. The Hall–Kier alpha value is -1.32. The number of alkyl carbamates (subject to hydrolysis) is 1. The fraction of sp³-hybridized carbons (Fsp3) is 0.462. The number of carbonyl (C=O) groups is 1. The number of rotatable bonds is 6. The van der Waals surface area contributed by atoms with Crippen molar-refractivity contribution in [3.63, 3.8) is 0 Å². The predicted octanol–water partition coefficient (Wildman–Crippen LogP) is 2.50. The van der Waals surface area contributed by atoms with E-state index in [1.54, 1.807) is 32.6 Å². The number of carbonyl (C=O) groups excluding carboxylic acids is 1. The second kappa shape index (κ2) is 7.31. The summed E-state index contributed by atoms with van der Waals surface area (Å²) in [6.07, 6.45) is -0.486. The maximum Gasteiger partial charge on any atom is 0.407 e. The Bertz CT molecular complexity index is 475. The fourth-order valence-corrected chi connectivity index (χ4v) is 3.39. The van der Waals surface area contributed by atoms with Gasteiger partial charge < -0.3 is 14.6 Å². The number of amides is 1. The number of nitrogens with one attached hydrogen (secondary N) is 1. The smallest absolute Gasteiger partial charge is 0.407 e. The topological polar surface area (TPSA) is 64.6 Å². The summed E-state index contributed by atoms with van der Waals surface area (Å²) in [5.74, 6) is 0. The first-order chi connectivity index (χ1) is 9.01. The van der Waals surface area contributed by atoms with E-state index in [-0.39, 0.29) is 6.54 Å². The number of hydrogen-bond donors (Lipinski definition) is 1. The molecule has 0 aromatic heterocycles. The summed E-state index contributed by atoms with van der Waals surface area (Å²) in [5.41, 5.74) is 0.773. The van der Waals surface area contributed by atoms with Crippen molar-refractivity contribution in [3.8, 4) is 0 Å². The zero-order valence-corrected chi connectivity index (χ0v) is 12.4. The largest absolute Gasteiger partial charge is 0.450 e. The lowest BCUT2D eigenvalue weighted by atomic mass is 10.2. The van der Waals surface area contributed by atoms with E-state index < -0.39 is 13.5 Å². The molecule has 1 aromatic rings. The Morgan fingerprint density at radius 3 is 2.58 bits per heavy atom. The normalized spacial score (nSPS) is 13.6. The second-order valence-electron chi connectivity index (χ2n) is 3.97. The highest BCUT2D eigenvalue weighted by Crippen LogP contribution is 2.42. The number of hydrogen-bond acceptors (Lipinski definition) is 4. The first kappa shape index (κ1) is 15.7. The zero-order chi connectivity index (χ0) is 14.3. The zero-order valence-electron chi connectivity index (χ0n) is 11.5. The Balaban J connectivity index is 2.84. The third kappa shape index (κ3) is 4.69. The maximum atomic E-state index is 12.4. The third-order valence-electron chi connectivity index (χ3n) is 2.50. The summed E-state index contributed by atoms with van der Waals surface area (Å²) in [6.45, 7) is 6.09. The molecule has 19 heavy (non-hydrogen) atoms. The van der Waals surface area contributed by atoms with Crippen molar-refractivity contribution in [3.05, 3.63) is 29.8 Å². The lowest BCUT2D eigenvalue weighted by molar-refractivity contribution is 0.151. The van der Waals surface area contributed by atoms with E-state index >= 15 is 0 Å². The van der Waals surface area contributed by atoms with Crippen LogP contribution >= 0.6 is 7.37 Å². The Morgan fingerprint density at radius 2 is 1.95 bits per heavy atom. The van der Waals surface area contributed by atoms with Gasteiger partial charge in [-0.1, -0.05) is 18.2 Å². The molecule has 0 bridgehead atoms. The fourth-order valence-electron chi connectivity index (χ4n) is 1.72. The van der Waals surface area contributed by atoms with Gasteiger partial charge in [-0.05, 0) is 25.5 Å². The molecule has 0 aliphatic heterocycles. The van der Waals surface area contributed by atoms with Gasteiger partial charge in [-0.25, -0.2) is 4.79 Å². The maximum absolute atomic E-state index is 12.4. The van der Waals surface area contributed by atoms with Crippen molar-refractivity contribution in [2.45, 2.75) is 20.4 Å².